The van der Waals surface area contributed by atoms with Crippen LogP contribution in [0.15, 0.2) is 0 Å². The molecule has 0 aromatic heterocycles. The molecule has 0 aliphatic carbocycles. The first-order chi connectivity index (χ1) is 12.5. The van der Waals surface area contributed by atoms with Gasteiger partial charge in [-0.25, -0.2) is 0 Å². The van der Waals surface area contributed by atoms with Crippen molar-refractivity contribution in [2.45, 2.75) is 36.4 Å². The van der Waals surface area contributed by atoms with Gasteiger partial charge in [0.1, 0.15) is 0 Å². The molecule has 26 heavy (non-hydrogen) atoms. The molecule has 0 aromatic rings. The lowest BCUT2D eigenvalue weighted by atomic mass is 10.6. The van der Waals surface area contributed by atoms with Gasteiger partial charge in [-0.15, -0.1) is 0 Å². The second-order valence-electron chi connectivity index (χ2n) is 4.69. The van der Waals surface area contributed by atoms with E-state index in [0.29, 0.717) is 0 Å². The highest BCUT2D eigenvalue weighted by Gasteiger charge is 2.48. The smallest absolute Gasteiger partial charge is 0.376 e. The lowest BCUT2D eigenvalue weighted by Crippen LogP contribution is -2.52. The first-order valence-corrected chi connectivity index (χ1v) is 19.0. The first kappa shape index (κ1) is 28.3. The molecule has 0 spiro atoms. The Morgan fingerprint density at radius 2 is 0.808 bits per heavy atom. The Morgan fingerprint density at radius 3 is 1.00 bits per heavy atom. The average Bonchev–Trinajstić information content (AvgIpc) is 2.70. The third-order valence-corrected chi connectivity index (χ3v) is 24.1. The van der Waals surface area contributed by atoms with Gasteiger partial charge in [0.25, 0.3) is 0 Å². The molecule has 0 saturated carbocycles. The number of rotatable bonds is 17. The van der Waals surface area contributed by atoms with Crippen molar-refractivity contribution in [2.75, 3.05) is 42.7 Å². The molecule has 0 bridgehead atoms. The Hall–Kier alpha value is 2.29. The van der Waals surface area contributed by atoms with E-state index in [1.54, 1.807) is 104 Å². The van der Waals surface area contributed by atoms with Gasteiger partial charge in [-0.05, 0) is 52.1 Å². The molecule has 0 fully saturated rings. The molecule has 6 nitrogen and oxygen atoms in total. The zero-order chi connectivity index (χ0) is 20.1. The van der Waals surface area contributed by atoms with Crippen molar-refractivity contribution in [3.8, 4) is 0 Å². The molecular formula is C12H30O6S6Si2. The fraction of sp³-hybridized carbons (Fsp3) is 1.00. The summed E-state index contributed by atoms with van der Waals surface area (Å²) in [5.41, 5.74) is 0. The highest BCUT2D eigenvalue weighted by Crippen LogP contribution is 2.56. The molecule has 14 heteroatoms. The van der Waals surface area contributed by atoms with Gasteiger partial charge in [0.05, 0.1) is 9.75 Å². The standard InChI is InChI=1S/C12H30O6S6Si2/c1-9-11(25(13-3,14-4)15-5)19-21-23-24-22-20-12(10-2)26(16-6,17-7)18-8/h11-12H,9-10H2,1-8H3. The van der Waals surface area contributed by atoms with E-state index in [9.17, 15) is 0 Å². The molecule has 0 saturated heterocycles. The van der Waals surface area contributed by atoms with Crippen molar-refractivity contribution in [3.05, 3.63) is 0 Å². The van der Waals surface area contributed by atoms with E-state index in [4.69, 9.17) is 26.6 Å². The minimum absolute atomic E-state index is 0.192. The van der Waals surface area contributed by atoms with Crippen molar-refractivity contribution < 1.29 is 26.6 Å². The molecule has 0 amide bonds. The van der Waals surface area contributed by atoms with E-state index in [1.807, 2.05) is 0 Å². The normalized spacial score (nSPS) is 15.2. The van der Waals surface area contributed by atoms with Crippen LogP contribution in [0, 0.1) is 0 Å². The summed E-state index contributed by atoms with van der Waals surface area (Å²) < 4.78 is 33.5. The molecule has 2 unspecified atom stereocenters. The van der Waals surface area contributed by atoms with E-state index in [-0.39, 0.29) is 9.75 Å². The summed E-state index contributed by atoms with van der Waals surface area (Å²) in [5, 5.41) is 0. The van der Waals surface area contributed by atoms with Crippen LogP contribution in [0.5, 0.6) is 0 Å². The zero-order valence-corrected chi connectivity index (χ0v) is 23.4. The zero-order valence-electron chi connectivity index (χ0n) is 16.5. The monoisotopic (exact) mass is 518 g/mol. The molecule has 0 rings (SSSR count). The summed E-state index contributed by atoms with van der Waals surface area (Å²) >= 11 is 0. The molecule has 0 aromatic carbocycles. The minimum atomic E-state index is -2.62. The van der Waals surface area contributed by atoms with E-state index in [1.165, 1.54) is 0 Å². The van der Waals surface area contributed by atoms with E-state index in [0.717, 1.165) is 12.8 Å². The Balaban J connectivity index is 4.33. The van der Waals surface area contributed by atoms with Crippen molar-refractivity contribution >= 4 is 78.5 Å². The van der Waals surface area contributed by atoms with Crippen LogP contribution in [0.3, 0.4) is 0 Å². The maximum Gasteiger partial charge on any atom is 0.514 e. The van der Waals surface area contributed by atoms with Crippen molar-refractivity contribution in [1.29, 1.82) is 0 Å². The fourth-order valence-corrected chi connectivity index (χ4v) is 24.3. The lowest BCUT2D eigenvalue weighted by molar-refractivity contribution is 0.121. The predicted molar refractivity (Wildman–Crippen MR) is 127 cm³/mol. The maximum atomic E-state index is 5.59. The second kappa shape index (κ2) is 16.0. The van der Waals surface area contributed by atoms with E-state index >= 15 is 0 Å². The Kier molecular flexibility index (Phi) is 17.5. The van der Waals surface area contributed by atoms with Gasteiger partial charge < -0.3 is 26.6 Å². The Labute approximate surface area is 183 Å². The lowest BCUT2D eigenvalue weighted by Gasteiger charge is -2.31. The van der Waals surface area contributed by atoms with Crippen LogP contribution >= 0.6 is 60.9 Å². The van der Waals surface area contributed by atoms with Crippen LogP contribution in [0.4, 0.5) is 0 Å². The highest BCUT2D eigenvalue weighted by atomic mass is 33.9. The molecule has 0 aliphatic rings. The van der Waals surface area contributed by atoms with Gasteiger partial charge in [0, 0.05) is 42.7 Å². The highest BCUT2D eigenvalue weighted by molar-refractivity contribution is 9.42. The van der Waals surface area contributed by atoms with Gasteiger partial charge in [-0.3, -0.25) is 0 Å². The summed E-state index contributed by atoms with van der Waals surface area (Å²) in [7, 11) is 15.1. The fourth-order valence-electron chi connectivity index (χ4n) is 2.19. The van der Waals surface area contributed by atoms with E-state index < -0.39 is 17.6 Å². The van der Waals surface area contributed by atoms with Gasteiger partial charge in [-0.2, -0.15) is 0 Å². The third-order valence-electron chi connectivity index (χ3n) is 3.63. The van der Waals surface area contributed by atoms with Crippen LogP contribution < -0.4 is 0 Å². The molecule has 0 heterocycles. The number of hydrogen-bond donors (Lipinski definition) is 0. The van der Waals surface area contributed by atoms with Crippen molar-refractivity contribution in [1.82, 2.24) is 0 Å². The molecule has 0 aliphatic heterocycles. The summed E-state index contributed by atoms with van der Waals surface area (Å²) in [6.07, 6.45) is 1.85. The minimum Gasteiger partial charge on any atom is -0.376 e. The van der Waals surface area contributed by atoms with Gasteiger partial charge in [0.2, 0.25) is 0 Å². The summed E-state index contributed by atoms with van der Waals surface area (Å²) in [4.78, 5) is 0.384. The second-order valence-corrected chi connectivity index (χ2v) is 21.5. The predicted octanol–water partition coefficient (Wildman–Crippen LogP) is 5.35. The third kappa shape index (κ3) is 8.20. The van der Waals surface area contributed by atoms with E-state index in [2.05, 4.69) is 13.8 Å². The van der Waals surface area contributed by atoms with Gasteiger partial charge in [0.15, 0.2) is 0 Å². The van der Waals surface area contributed by atoms with Crippen molar-refractivity contribution in [2.24, 2.45) is 0 Å². The molecule has 158 valence electrons. The van der Waals surface area contributed by atoms with Crippen LogP contribution in [0.1, 0.15) is 26.7 Å². The van der Waals surface area contributed by atoms with Gasteiger partial charge in [-0.1, -0.05) is 35.4 Å². The topological polar surface area (TPSA) is 55.4 Å². The first-order valence-electron chi connectivity index (χ1n) is 7.79. The maximum absolute atomic E-state index is 5.59. The van der Waals surface area contributed by atoms with Crippen LogP contribution in [-0.2, 0) is 26.6 Å². The van der Waals surface area contributed by atoms with Crippen molar-refractivity contribution in [3.63, 3.8) is 0 Å². The number of hydrogen-bond acceptors (Lipinski definition) is 12. The summed E-state index contributed by atoms with van der Waals surface area (Å²) in [6.45, 7) is 4.24. The SMILES string of the molecule is CCC(SSSSSSC(CC)[Si](OC)(OC)OC)[Si](OC)(OC)OC. The summed E-state index contributed by atoms with van der Waals surface area (Å²) in [5.74, 6) is 0. The quantitative estimate of drug-likeness (QED) is 0.142. The summed E-state index contributed by atoms with van der Waals surface area (Å²) in [6, 6.07) is 0. The van der Waals surface area contributed by atoms with Crippen LogP contribution in [0.2, 0.25) is 0 Å². The Bertz CT molecular complexity index is 306. The van der Waals surface area contributed by atoms with Crippen LogP contribution in [-0.4, -0.2) is 70.0 Å². The van der Waals surface area contributed by atoms with Gasteiger partial charge >= 0.3 is 17.6 Å². The van der Waals surface area contributed by atoms with Crippen LogP contribution in [0.25, 0.3) is 0 Å². The molecule has 2 atom stereocenters. The average molecular weight is 519 g/mol. The largest absolute Gasteiger partial charge is 0.514 e. The molecule has 0 N–H and O–H groups in total. The molecule has 0 radical (unpaired) electrons. The molecular weight excluding hydrogens is 489 g/mol. The Morgan fingerprint density at radius 1 is 0.538 bits per heavy atom.